The van der Waals surface area contributed by atoms with E-state index in [1.165, 1.54) is 0 Å². The molecule has 1 heterocycles. The second-order valence-corrected chi connectivity index (χ2v) is 6.92. The molecule has 0 aromatic carbocycles. The van der Waals surface area contributed by atoms with E-state index >= 15 is 0 Å². The topological polar surface area (TPSA) is 50.9 Å². The number of aryl methyl sites for hydroxylation is 1. The molecule has 0 bridgehead atoms. The van der Waals surface area contributed by atoms with Gasteiger partial charge in [0.2, 0.25) is 0 Å². The van der Waals surface area contributed by atoms with E-state index in [2.05, 4.69) is 50.3 Å². The molecule has 3 N–H and O–H groups in total. The third kappa shape index (κ3) is 3.76. The van der Waals surface area contributed by atoms with E-state index in [9.17, 15) is 0 Å². The van der Waals surface area contributed by atoms with Crippen LogP contribution in [0.15, 0.2) is 5.38 Å². The number of hydrogen-bond acceptors (Lipinski definition) is 4. The van der Waals surface area contributed by atoms with Crippen LogP contribution in [0.2, 0.25) is 0 Å². The summed E-state index contributed by atoms with van der Waals surface area (Å²) in [6, 6.07) is 0.287. The molecule has 0 spiro atoms. The van der Waals surface area contributed by atoms with Crippen molar-refractivity contribution in [3.05, 3.63) is 16.1 Å². The fraction of sp³-hybridized carbons (Fsp3) is 0.769. The van der Waals surface area contributed by atoms with Crippen LogP contribution in [0.1, 0.15) is 51.4 Å². The highest BCUT2D eigenvalue weighted by Crippen LogP contribution is 2.28. The lowest BCUT2D eigenvalue weighted by Crippen LogP contribution is -2.52. The average Bonchev–Trinajstić information content (AvgIpc) is 2.59. The van der Waals surface area contributed by atoms with Gasteiger partial charge in [0, 0.05) is 23.2 Å². The standard InChI is InChI=1S/C13H25N3S/c1-9-7-17-11(16-9)10(2)15-8-12(3,4)13(5,6)14/h7,10,15H,8,14H2,1-6H3. The number of thiazole rings is 1. The molecule has 1 aromatic rings. The molecule has 1 aromatic heterocycles. The minimum Gasteiger partial charge on any atom is -0.325 e. The first kappa shape index (κ1) is 14.6. The van der Waals surface area contributed by atoms with Gasteiger partial charge in [-0.05, 0) is 33.1 Å². The molecule has 0 saturated carbocycles. The summed E-state index contributed by atoms with van der Waals surface area (Å²) >= 11 is 1.71. The van der Waals surface area contributed by atoms with Crippen molar-refractivity contribution in [1.29, 1.82) is 0 Å². The maximum absolute atomic E-state index is 6.19. The normalized spacial score (nSPS) is 15.0. The third-order valence-electron chi connectivity index (χ3n) is 3.60. The first-order valence-electron chi connectivity index (χ1n) is 6.08. The number of nitrogens with one attached hydrogen (secondary N) is 1. The summed E-state index contributed by atoms with van der Waals surface area (Å²) in [5.41, 5.74) is 7.14. The summed E-state index contributed by atoms with van der Waals surface area (Å²) in [6.45, 7) is 13.6. The van der Waals surface area contributed by atoms with Crippen molar-refractivity contribution >= 4 is 11.3 Å². The molecule has 1 rings (SSSR count). The van der Waals surface area contributed by atoms with Crippen LogP contribution in [0, 0.1) is 12.3 Å². The van der Waals surface area contributed by atoms with Gasteiger partial charge in [-0.15, -0.1) is 11.3 Å². The lowest BCUT2D eigenvalue weighted by atomic mass is 9.75. The average molecular weight is 255 g/mol. The third-order valence-corrected chi connectivity index (χ3v) is 4.75. The van der Waals surface area contributed by atoms with Gasteiger partial charge in [-0.1, -0.05) is 13.8 Å². The first-order valence-corrected chi connectivity index (χ1v) is 6.96. The van der Waals surface area contributed by atoms with Crippen molar-refractivity contribution < 1.29 is 0 Å². The number of nitrogens with zero attached hydrogens (tertiary/aromatic N) is 1. The van der Waals surface area contributed by atoms with Crippen LogP contribution >= 0.6 is 11.3 Å². The summed E-state index contributed by atoms with van der Waals surface area (Å²) in [7, 11) is 0. The van der Waals surface area contributed by atoms with E-state index < -0.39 is 0 Å². The lowest BCUT2D eigenvalue weighted by Gasteiger charge is -2.39. The molecule has 98 valence electrons. The summed E-state index contributed by atoms with van der Waals surface area (Å²) in [4.78, 5) is 4.50. The smallest absolute Gasteiger partial charge is 0.110 e. The lowest BCUT2D eigenvalue weighted by molar-refractivity contribution is 0.189. The molecular formula is C13H25N3S. The highest BCUT2D eigenvalue weighted by molar-refractivity contribution is 7.09. The zero-order valence-electron chi connectivity index (χ0n) is 11.8. The maximum Gasteiger partial charge on any atom is 0.110 e. The Hall–Kier alpha value is -0.450. The van der Waals surface area contributed by atoms with E-state index in [-0.39, 0.29) is 17.0 Å². The Morgan fingerprint density at radius 2 is 2.00 bits per heavy atom. The maximum atomic E-state index is 6.19. The molecule has 0 amide bonds. The number of rotatable bonds is 5. The summed E-state index contributed by atoms with van der Waals surface area (Å²) in [5, 5.41) is 6.76. The molecule has 0 fully saturated rings. The van der Waals surface area contributed by atoms with Gasteiger partial charge in [-0.3, -0.25) is 0 Å². The quantitative estimate of drug-likeness (QED) is 0.850. The molecule has 17 heavy (non-hydrogen) atoms. The van der Waals surface area contributed by atoms with Gasteiger partial charge in [0.15, 0.2) is 0 Å². The van der Waals surface area contributed by atoms with Gasteiger partial charge < -0.3 is 11.1 Å². The first-order chi connectivity index (χ1) is 7.63. The Balaban J connectivity index is 2.57. The van der Waals surface area contributed by atoms with Gasteiger partial charge in [0.1, 0.15) is 5.01 Å². The molecule has 1 atom stereocenters. The Morgan fingerprint density at radius 3 is 2.41 bits per heavy atom. The van der Waals surface area contributed by atoms with Crippen LogP contribution in [0.4, 0.5) is 0 Å². The van der Waals surface area contributed by atoms with Crippen LogP contribution in [0.3, 0.4) is 0 Å². The van der Waals surface area contributed by atoms with E-state index in [0.29, 0.717) is 0 Å². The van der Waals surface area contributed by atoms with E-state index in [0.717, 1.165) is 17.2 Å². The van der Waals surface area contributed by atoms with E-state index in [1.807, 2.05) is 6.92 Å². The van der Waals surface area contributed by atoms with Crippen LogP contribution < -0.4 is 11.1 Å². The monoisotopic (exact) mass is 255 g/mol. The van der Waals surface area contributed by atoms with Gasteiger partial charge in [-0.2, -0.15) is 0 Å². The molecule has 0 aliphatic heterocycles. The second kappa shape index (κ2) is 5.04. The van der Waals surface area contributed by atoms with Gasteiger partial charge in [0.25, 0.3) is 0 Å². The largest absolute Gasteiger partial charge is 0.325 e. The molecule has 0 saturated heterocycles. The minimum atomic E-state index is -0.196. The fourth-order valence-electron chi connectivity index (χ4n) is 1.29. The van der Waals surface area contributed by atoms with Crippen molar-refractivity contribution in [3.63, 3.8) is 0 Å². The van der Waals surface area contributed by atoms with Crippen LogP contribution in [0.25, 0.3) is 0 Å². The predicted molar refractivity (Wildman–Crippen MR) is 75.3 cm³/mol. The molecule has 0 radical (unpaired) electrons. The predicted octanol–water partition coefficient (Wildman–Crippen LogP) is 2.87. The molecule has 1 unspecified atom stereocenters. The van der Waals surface area contributed by atoms with E-state index in [1.54, 1.807) is 11.3 Å². The zero-order valence-corrected chi connectivity index (χ0v) is 12.6. The molecule has 3 nitrogen and oxygen atoms in total. The molecule has 4 heteroatoms. The van der Waals surface area contributed by atoms with Crippen LogP contribution in [-0.2, 0) is 0 Å². The van der Waals surface area contributed by atoms with Gasteiger partial charge in [0.05, 0.1) is 6.04 Å². The highest BCUT2D eigenvalue weighted by atomic mass is 32.1. The zero-order chi connectivity index (χ0) is 13.3. The van der Waals surface area contributed by atoms with E-state index in [4.69, 9.17) is 5.73 Å². The van der Waals surface area contributed by atoms with Crippen molar-refractivity contribution in [2.45, 2.75) is 53.1 Å². The SMILES string of the molecule is Cc1csc(C(C)NCC(C)(C)C(C)(C)N)n1. The highest BCUT2D eigenvalue weighted by Gasteiger charge is 2.33. The summed E-state index contributed by atoms with van der Waals surface area (Å²) < 4.78 is 0. The number of nitrogens with two attached hydrogens (primary N) is 1. The summed E-state index contributed by atoms with van der Waals surface area (Å²) in [5.74, 6) is 0. The Bertz CT molecular complexity index is 363. The Labute approximate surface area is 109 Å². The second-order valence-electron chi connectivity index (χ2n) is 6.04. The van der Waals surface area contributed by atoms with Crippen molar-refractivity contribution in [1.82, 2.24) is 10.3 Å². The Kier molecular flexibility index (Phi) is 4.33. The van der Waals surface area contributed by atoms with Crippen molar-refractivity contribution in [2.75, 3.05) is 6.54 Å². The Morgan fingerprint density at radius 1 is 1.41 bits per heavy atom. The molecule has 0 aliphatic rings. The van der Waals surface area contributed by atoms with Crippen LogP contribution in [0.5, 0.6) is 0 Å². The molecular weight excluding hydrogens is 230 g/mol. The minimum absolute atomic E-state index is 0.0492. The number of hydrogen-bond donors (Lipinski definition) is 2. The van der Waals surface area contributed by atoms with Crippen molar-refractivity contribution in [3.8, 4) is 0 Å². The van der Waals surface area contributed by atoms with Crippen molar-refractivity contribution in [2.24, 2.45) is 11.1 Å². The molecule has 0 aliphatic carbocycles. The summed E-state index contributed by atoms with van der Waals surface area (Å²) in [6.07, 6.45) is 0. The fourth-order valence-corrected chi connectivity index (χ4v) is 2.12. The number of aromatic nitrogens is 1. The van der Waals surface area contributed by atoms with Gasteiger partial charge in [-0.25, -0.2) is 4.98 Å². The van der Waals surface area contributed by atoms with Crippen LogP contribution in [-0.4, -0.2) is 17.1 Å². The van der Waals surface area contributed by atoms with Gasteiger partial charge >= 0.3 is 0 Å².